The summed E-state index contributed by atoms with van der Waals surface area (Å²) in [5.41, 5.74) is 7.88. The number of amides is 2. The Morgan fingerprint density at radius 3 is 2.54 bits per heavy atom. The summed E-state index contributed by atoms with van der Waals surface area (Å²) in [7, 11) is 0. The molecular weight excluding hydrogens is 350 g/mol. The standard InChI is InChI=1S/C19H15N3O3S/c1-10-4-6-11(7-5-10)22-18(23)15-14(13-3-2-8-25-13)12(9-20)17(21)26-16(15)19(22)24/h2-8,14-16H,21H2,1H3/t14-,15-,16+/m0/s1. The molecule has 0 aliphatic carbocycles. The van der Waals surface area contributed by atoms with E-state index in [4.69, 9.17) is 10.2 Å². The van der Waals surface area contributed by atoms with Crippen molar-refractivity contribution in [2.75, 3.05) is 4.90 Å². The van der Waals surface area contributed by atoms with Gasteiger partial charge in [-0.2, -0.15) is 5.26 Å². The molecular formula is C19H15N3O3S. The van der Waals surface area contributed by atoms with Crippen LogP contribution in [0, 0.1) is 24.2 Å². The number of thioether (sulfide) groups is 1. The van der Waals surface area contributed by atoms with Crippen molar-refractivity contribution in [3.05, 3.63) is 64.6 Å². The molecule has 6 nitrogen and oxygen atoms in total. The van der Waals surface area contributed by atoms with Gasteiger partial charge in [0, 0.05) is 0 Å². The van der Waals surface area contributed by atoms with E-state index in [1.54, 1.807) is 24.3 Å². The smallest absolute Gasteiger partial charge is 0.248 e. The first-order chi connectivity index (χ1) is 12.5. The number of furan rings is 1. The third-order valence-corrected chi connectivity index (χ3v) is 5.97. The van der Waals surface area contributed by atoms with Gasteiger partial charge in [0.15, 0.2) is 0 Å². The monoisotopic (exact) mass is 365 g/mol. The first-order valence-electron chi connectivity index (χ1n) is 8.07. The molecule has 7 heteroatoms. The van der Waals surface area contributed by atoms with Gasteiger partial charge in [0.25, 0.3) is 0 Å². The Bertz CT molecular complexity index is 957. The summed E-state index contributed by atoms with van der Waals surface area (Å²) < 4.78 is 5.47. The largest absolute Gasteiger partial charge is 0.469 e. The number of nitrogens with zero attached hydrogens (tertiary/aromatic N) is 2. The van der Waals surface area contributed by atoms with Gasteiger partial charge in [-0.3, -0.25) is 9.59 Å². The highest BCUT2D eigenvalue weighted by Crippen LogP contribution is 2.50. The highest BCUT2D eigenvalue weighted by atomic mass is 32.2. The number of hydrogen-bond acceptors (Lipinski definition) is 6. The lowest BCUT2D eigenvalue weighted by Gasteiger charge is -2.28. The van der Waals surface area contributed by atoms with Gasteiger partial charge >= 0.3 is 0 Å². The number of fused-ring (bicyclic) bond motifs is 1. The molecule has 4 rings (SSSR count). The molecule has 0 saturated carbocycles. The molecule has 2 aliphatic heterocycles. The van der Waals surface area contributed by atoms with Crippen LogP contribution in [0.1, 0.15) is 17.2 Å². The van der Waals surface area contributed by atoms with E-state index < -0.39 is 17.1 Å². The van der Waals surface area contributed by atoms with E-state index in [0.717, 1.165) is 17.3 Å². The predicted octanol–water partition coefficient (Wildman–Crippen LogP) is 2.67. The maximum atomic E-state index is 13.2. The van der Waals surface area contributed by atoms with Gasteiger partial charge in [0.1, 0.15) is 11.0 Å². The average molecular weight is 365 g/mol. The quantitative estimate of drug-likeness (QED) is 0.821. The minimum absolute atomic E-state index is 0.266. The lowest BCUT2D eigenvalue weighted by molar-refractivity contribution is -0.122. The molecule has 130 valence electrons. The molecule has 0 unspecified atom stereocenters. The summed E-state index contributed by atoms with van der Waals surface area (Å²) in [5, 5.41) is 9.16. The van der Waals surface area contributed by atoms with Crippen molar-refractivity contribution in [1.29, 1.82) is 5.26 Å². The number of benzene rings is 1. The maximum absolute atomic E-state index is 13.2. The molecule has 2 amide bonds. The van der Waals surface area contributed by atoms with E-state index in [1.165, 1.54) is 11.2 Å². The van der Waals surface area contributed by atoms with Crippen molar-refractivity contribution in [3.63, 3.8) is 0 Å². The van der Waals surface area contributed by atoms with E-state index in [-0.39, 0.29) is 22.4 Å². The Hall–Kier alpha value is -2.98. The number of allylic oxidation sites excluding steroid dienone is 1. The number of carbonyl (C=O) groups excluding carboxylic acids is 2. The molecule has 0 bridgehead atoms. The fourth-order valence-electron chi connectivity index (χ4n) is 3.50. The zero-order valence-corrected chi connectivity index (χ0v) is 14.7. The number of rotatable bonds is 2. The molecule has 3 atom stereocenters. The number of imide groups is 1. The van der Waals surface area contributed by atoms with Gasteiger partial charge in [-0.05, 0) is 31.2 Å². The van der Waals surface area contributed by atoms with Crippen LogP contribution in [0.15, 0.2) is 57.7 Å². The number of carbonyl (C=O) groups is 2. The van der Waals surface area contributed by atoms with Gasteiger partial charge < -0.3 is 10.2 Å². The Morgan fingerprint density at radius 1 is 1.19 bits per heavy atom. The van der Waals surface area contributed by atoms with Gasteiger partial charge in [-0.25, -0.2) is 4.90 Å². The third kappa shape index (κ3) is 2.34. The molecule has 1 aromatic heterocycles. The first kappa shape index (κ1) is 16.5. The Labute approximate surface area is 154 Å². The number of anilines is 1. The summed E-state index contributed by atoms with van der Waals surface area (Å²) in [5.74, 6) is -1.56. The number of nitrogens with two attached hydrogens (primary N) is 1. The third-order valence-electron chi connectivity index (χ3n) is 4.75. The van der Waals surface area contributed by atoms with Gasteiger partial charge in [-0.15, -0.1) is 0 Å². The van der Waals surface area contributed by atoms with Crippen LogP contribution in [0.25, 0.3) is 0 Å². The average Bonchev–Trinajstić information content (AvgIpc) is 3.23. The Balaban J connectivity index is 1.82. The van der Waals surface area contributed by atoms with E-state index in [0.29, 0.717) is 11.4 Å². The maximum Gasteiger partial charge on any atom is 0.248 e. The van der Waals surface area contributed by atoms with E-state index >= 15 is 0 Å². The second-order valence-corrected chi connectivity index (χ2v) is 7.48. The molecule has 1 fully saturated rings. The molecule has 1 aromatic carbocycles. The van der Waals surface area contributed by atoms with Crippen molar-refractivity contribution >= 4 is 29.3 Å². The molecule has 3 heterocycles. The number of nitriles is 1. The minimum Gasteiger partial charge on any atom is -0.469 e. The van der Waals surface area contributed by atoms with Crippen LogP contribution in [-0.2, 0) is 9.59 Å². The Morgan fingerprint density at radius 2 is 1.92 bits per heavy atom. The lowest BCUT2D eigenvalue weighted by atomic mass is 9.82. The van der Waals surface area contributed by atoms with Gasteiger partial charge in [0.05, 0.1) is 40.5 Å². The Kier molecular flexibility index (Phi) is 3.85. The lowest BCUT2D eigenvalue weighted by Crippen LogP contribution is -2.33. The van der Waals surface area contributed by atoms with E-state index in [9.17, 15) is 14.9 Å². The summed E-state index contributed by atoms with van der Waals surface area (Å²) in [6.45, 7) is 1.93. The minimum atomic E-state index is -0.720. The number of aryl methyl sites for hydroxylation is 1. The van der Waals surface area contributed by atoms with E-state index in [1.807, 2.05) is 19.1 Å². The molecule has 2 aliphatic rings. The van der Waals surface area contributed by atoms with Crippen LogP contribution in [0.3, 0.4) is 0 Å². The van der Waals surface area contributed by atoms with Crippen molar-refractivity contribution < 1.29 is 14.0 Å². The van der Waals surface area contributed by atoms with Crippen molar-refractivity contribution in [1.82, 2.24) is 0 Å². The highest BCUT2D eigenvalue weighted by Gasteiger charge is 2.56. The zero-order valence-electron chi connectivity index (χ0n) is 13.9. The SMILES string of the molecule is Cc1ccc(N2C(=O)[C@@H]3[C@@H](SC(N)=C(C#N)[C@H]3c3ccco3)C2=O)cc1. The topological polar surface area (TPSA) is 100 Å². The second kappa shape index (κ2) is 6.07. The molecule has 2 aromatic rings. The fourth-order valence-corrected chi connectivity index (χ4v) is 4.70. The van der Waals surface area contributed by atoms with Crippen LogP contribution in [-0.4, -0.2) is 17.1 Å². The van der Waals surface area contributed by atoms with Crippen LogP contribution in [0.4, 0.5) is 5.69 Å². The summed E-state index contributed by atoms with van der Waals surface area (Å²) in [6, 6.07) is 12.7. The number of hydrogen-bond donors (Lipinski definition) is 1. The normalized spacial score (nSPS) is 25.4. The van der Waals surface area contributed by atoms with Crippen LogP contribution in [0.5, 0.6) is 0 Å². The molecule has 26 heavy (non-hydrogen) atoms. The summed E-state index contributed by atoms with van der Waals surface area (Å²) >= 11 is 1.09. The van der Waals surface area contributed by atoms with E-state index in [2.05, 4.69) is 6.07 Å². The molecule has 1 saturated heterocycles. The van der Waals surface area contributed by atoms with Gasteiger partial charge in [0.2, 0.25) is 11.8 Å². The molecule has 2 N–H and O–H groups in total. The zero-order chi connectivity index (χ0) is 18.4. The second-order valence-electron chi connectivity index (χ2n) is 6.29. The van der Waals surface area contributed by atoms with Crippen LogP contribution < -0.4 is 10.6 Å². The molecule has 0 spiro atoms. The first-order valence-corrected chi connectivity index (χ1v) is 8.95. The van der Waals surface area contributed by atoms with Crippen molar-refractivity contribution in [2.45, 2.75) is 18.1 Å². The fraction of sp³-hybridized carbons (Fsp3) is 0.211. The van der Waals surface area contributed by atoms with Crippen LogP contribution in [0.2, 0.25) is 0 Å². The van der Waals surface area contributed by atoms with Crippen molar-refractivity contribution in [3.8, 4) is 6.07 Å². The predicted molar refractivity (Wildman–Crippen MR) is 96.8 cm³/mol. The summed E-state index contributed by atoms with van der Waals surface area (Å²) in [6.07, 6.45) is 1.48. The summed E-state index contributed by atoms with van der Waals surface area (Å²) in [4.78, 5) is 27.4. The molecule has 0 radical (unpaired) electrons. The highest BCUT2D eigenvalue weighted by molar-refractivity contribution is 8.04. The van der Waals surface area contributed by atoms with Crippen LogP contribution >= 0.6 is 11.8 Å². The van der Waals surface area contributed by atoms with Crippen molar-refractivity contribution in [2.24, 2.45) is 11.7 Å². The van der Waals surface area contributed by atoms with Gasteiger partial charge in [-0.1, -0.05) is 29.5 Å².